The number of hydrogen-bond donors (Lipinski definition) is 2. The Morgan fingerprint density at radius 2 is 1.94 bits per heavy atom. The molecule has 3 N–H and O–H groups in total. The van der Waals surface area contributed by atoms with Crippen LogP contribution in [0.15, 0.2) is 0 Å². The van der Waals surface area contributed by atoms with Crippen LogP contribution < -0.4 is 11.1 Å². The van der Waals surface area contributed by atoms with Crippen molar-refractivity contribution in [2.75, 3.05) is 13.1 Å². The Bertz CT molecular complexity index is 191. The van der Waals surface area contributed by atoms with Gasteiger partial charge in [-0.25, -0.2) is 0 Å². The van der Waals surface area contributed by atoms with E-state index in [0.29, 0.717) is 5.92 Å². The molecule has 1 saturated carbocycles. The molecule has 4 heteroatoms. The maximum atomic E-state index is 11.7. The molecule has 0 aromatic carbocycles. The summed E-state index contributed by atoms with van der Waals surface area (Å²) in [5.74, 6) is 1.17. The number of halogens is 1. The van der Waals surface area contributed by atoms with E-state index in [1.54, 1.807) is 0 Å². The van der Waals surface area contributed by atoms with Crippen molar-refractivity contribution >= 4 is 18.3 Å². The summed E-state index contributed by atoms with van der Waals surface area (Å²) in [5, 5.41) is 3.02. The van der Waals surface area contributed by atoms with Crippen LogP contribution in [0.4, 0.5) is 0 Å². The minimum atomic E-state index is 0. The van der Waals surface area contributed by atoms with Gasteiger partial charge in [-0.15, -0.1) is 12.4 Å². The Morgan fingerprint density at radius 3 is 2.44 bits per heavy atom. The first-order valence-electron chi connectivity index (χ1n) is 6.25. The summed E-state index contributed by atoms with van der Waals surface area (Å²) in [6.07, 6.45) is 6.54. The highest BCUT2D eigenvalue weighted by Crippen LogP contribution is 2.27. The van der Waals surface area contributed by atoms with Gasteiger partial charge in [0.25, 0.3) is 0 Å². The van der Waals surface area contributed by atoms with Crippen molar-refractivity contribution in [3.05, 3.63) is 0 Å². The standard InChI is InChI=1S/C12H24N2O.ClH/c1-2-3-8-14-12(15)11-6-4-10(9-13)5-7-11;/h10-11H,2-9,13H2,1H3,(H,14,15);1H. The second kappa shape index (κ2) is 8.82. The first-order chi connectivity index (χ1) is 7.27. The van der Waals surface area contributed by atoms with E-state index in [4.69, 9.17) is 5.73 Å². The molecule has 0 aromatic rings. The van der Waals surface area contributed by atoms with Gasteiger partial charge in [-0.05, 0) is 44.6 Å². The third kappa shape index (κ3) is 5.17. The molecule has 1 amide bonds. The number of nitrogens with one attached hydrogen (secondary N) is 1. The molecule has 1 fully saturated rings. The average Bonchev–Trinajstić information content (AvgIpc) is 2.29. The van der Waals surface area contributed by atoms with Gasteiger partial charge in [-0.3, -0.25) is 4.79 Å². The first-order valence-corrected chi connectivity index (χ1v) is 6.25. The van der Waals surface area contributed by atoms with Crippen LogP contribution >= 0.6 is 12.4 Å². The highest BCUT2D eigenvalue weighted by atomic mass is 35.5. The maximum Gasteiger partial charge on any atom is 0.223 e. The van der Waals surface area contributed by atoms with Crippen LogP contribution in [-0.2, 0) is 4.79 Å². The minimum Gasteiger partial charge on any atom is -0.356 e. The Hall–Kier alpha value is -0.280. The molecule has 1 aliphatic carbocycles. The summed E-state index contributed by atoms with van der Waals surface area (Å²) in [4.78, 5) is 11.7. The zero-order valence-corrected chi connectivity index (χ0v) is 11.0. The smallest absolute Gasteiger partial charge is 0.223 e. The van der Waals surface area contributed by atoms with E-state index in [1.165, 1.54) is 0 Å². The molecule has 96 valence electrons. The predicted molar refractivity (Wildman–Crippen MR) is 69.7 cm³/mol. The molecule has 0 saturated heterocycles. The van der Waals surface area contributed by atoms with E-state index in [-0.39, 0.29) is 24.2 Å². The van der Waals surface area contributed by atoms with E-state index in [1.807, 2.05) is 0 Å². The van der Waals surface area contributed by atoms with Crippen LogP contribution in [0.3, 0.4) is 0 Å². The summed E-state index contributed by atoms with van der Waals surface area (Å²) in [7, 11) is 0. The molecule has 0 aliphatic heterocycles. The highest BCUT2D eigenvalue weighted by Gasteiger charge is 2.24. The summed E-state index contributed by atoms with van der Waals surface area (Å²) in [6.45, 7) is 3.76. The average molecular weight is 249 g/mol. The topological polar surface area (TPSA) is 55.1 Å². The highest BCUT2D eigenvalue weighted by molar-refractivity contribution is 5.85. The van der Waals surface area contributed by atoms with Crippen LogP contribution in [0.1, 0.15) is 45.4 Å². The van der Waals surface area contributed by atoms with Crippen LogP contribution in [-0.4, -0.2) is 19.0 Å². The molecule has 16 heavy (non-hydrogen) atoms. The fourth-order valence-electron chi connectivity index (χ4n) is 2.19. The Kier molecular flexibility index (Phi) is 8.67. The number of hydrogen-bond acceptors (Lipinski definition) is 2. The maximum absolute atomic E-state index is 11.7. The van der Waals surface area contributed by atoms with Gasteiger partial charge >= 0.3 is 0 Å². The molecule has 0 bridgehead atoms. The largest absolute Gasteiger partial charge is 0.356 e. The van der Waals surface area contributed by atoms with Crippen molar-refractivity contribution in [2.45, 2.75) is 45.4 Å². The number of carbonyl (C=O) groups is 1. The molecular weight excluding hydrogens is 224 g/mol. The molecule has 0 heterocycles. The lowest BCUT2D eigenvalue weighted by Gasteiger charge is -2.26. The Morgan fingerprint density at radius 1 is 1.31 bits per heavy atom. The molecule has 0 aromatic heterocycles. The van der Waals surface area contributed by atoms with Crippen molar-refractivity contribution in [3.8, 4) is 0 Å². The van der Waals surface area contributed by atoms with Gasteiger partial charge in [0.2, 0.25) is 5.91 Å². The summed E-state index contributed by atoms with van der Waals surface area (Å²) >= 11 is 0. The fourth-order valence-corrected chi connectivity index (χ4v) is 2.19. The van der Waals surface area contributed by atoms with E-state index in [0.717, 1.165) is 51.6 Å². The van der Waals surface area contributed by atoms with Gasteiger partial charge in [-0.2, -0.15) is 0 Å². The van der Waals surface area contributed by atoms with Gasteiger partial charge in [0.1, 0.15) is 0 Å². The van der Waals surface area contributed by atoms with Gasteiger partial charge in [0.05, 0.1) is 0 Å². The molecule has 0 spiro atoms. The van der Waals surface area contributed by atoms with Gasteiger partial charge in [-0.1, -0.05) is 13.3 Å². The third-order valence-electron chi connectivity index (χ3n) is 3.38. The summed E-state index contributed by atoms with van der Waals surface area (Å²) in [5.41, 5.74) is 5.62. The van der Waals surface area contributed by atoms with E-state index >= 15 is 0 Å². The SMILES string of the molecule is CCCCNC(=O)C1CCC(CN)CC1.Cl. The normalized spacial score (nSPS) is 24.6. The van der Waals surface area contributed by atoms with Gasteiger partial charge in [0.15, 0.2) is 0 Å². The molecule has 0 unspecified atom stereocenters. The Labute approximate surface area is 105 Å². The van der Waals surface area contributed by atoms with E-state index < -0.39 is 0 Å². The number of carbonyl (C=O) groups excluding carboxylic acids is 1. The lowest BCUT2D eigenvalue weighted by Crippen LogP contribution is -2.34. The lowest BCUT2D eigenvalue weighted by atomic mass is 9.81. The van der Waals surface area contributed by atoms with Crippen LogP contribution in [0.25, 0.3) is 0 Å². The number of amides is 1. The second-order valence-electron chi connectivity index (χ2n) is 4.60. The van der Waals surface area contributed by atoms with Crippen molar-refractivity contribution in [1.29, 1.82) is 0 Å². The molecule has 3 nitrogen and oxygen atoms in total. The summed E-state index contributed by atoms with van der Waals surface area (Å²) < 4.78 is 0. The predicted octanol–water partition coefficient (Wildman–Crippen LogP) is 2.09. The Balaban J connectivity index is 0.00000225. The van der Waals surface area contributed by atoms with Crippen LogP contribution in [0.2, 0.25) is 0 Å². The molecule has 0 radical (unpaired) electrons. The summed E-state index contributed by atoms with van der Waals surface area (Å²) in [6, 6.07) is 0. The molecule has 1 aliphatic rings. The zero-order chi connectivity index (χ0) is 11.1. The zero-order valence-electron chi connectivity index (χ0n) is 10.2. The quantitative estimate of drug-likeness (QED) is 0.732. The van der Waals surface area contributed by atoms with Crippen molar-refractivity contribution in [2.24, 2.45) is 17.6 Å². The number of rotatable bonds is 5. The van der Waals surface area contributed by atoms with Crippen molar-refractivity contribution < 1.29 is 4.79 Å². The van der Waals surface area contributed by atoms with Crippen molar-refractivity contribution in [1.82, 2.24) is 5.32 Å². The molecule has 0 atom stereocenters. The first kappa shape index (κ1) is 15.7. The molecule has 1 rings (SSSR count). The van der Waals surface area contributed by atoms with Gasteiger partial charge < -0.3 is 11.1 Å². The molecular formula is C12H25ClN2O. The number of unbranched alkanes of at least 4 members (excludes halogenated alkanes) is 1. The van der Waals surface area contributed by atoms with E-state index in [9.17, 15) is 4.79 Å². The second-order valence-corrected chi connectivity index (χ2v) is 4.60. The number of nitrogens with two attached hydrogens (primary N) is 1. The van der Waals surface area contributed by atoms with Crippen LogP contribution in [0, 0.1) is 11.8 Å². The van der Waals surface area contributed by atoms with Crippen LogP contribution in [0.5, 0.6) is 0 Å². The third-order valence-corrected chi connectivity index (χ3v) is 3.38. The van der Waals surface area contributed by atoms with E-state index in [2.05, 4.69) is 12.2 Å². The monoisotopic (exact) mass is 248 g/mol. The van der Waals surface area contributed by atoms with Gasteiger partial charge in [0, 0.05) is 12.5 Å². The lowest BCUT2D eigenvalue weighted by molar-refractivity contribution is -0.126. The van der Waals surface area contributed by atoms with Crippen molar-refractivity contribution in [3.63, 3.8) is 0 Å². The fraction of sp³-hybridized carbons (Fsp3) is 0.917. The minimum absolute atomic E-state index is 0.